The predicted octanol–water partition coefficient (Wildman–Crippen LogP) is 3.61. The average Bonchev–Trinajstić information content (AvgIpc) is 3.53. The van der Waals surface area contributed by atoms with Crippen molar-refractivity contribution in [1.82, 2.24) is 19.6 Å². The first-order chi connectivity index (χ1) is 15.3. The monoisotopic (exact) mass is 416 g/mol. The summed E-state index contributed by atoms with van der Waals surface area (Å²) in [4.78, 5) is 5.26. The summed E-state index contributed by atoms with van der Waals surface area (Å²) in [7, 11) is 0. The van der Waals surface area contributed by atoms with Gasteiger partial charge in [0.1, 0.15) is 0 Å². The molecule has 4 heterocycles. The molecule has 0 unspecified atom stereocenters. The molecule has 3 aliphatic rings. The number of hydrogen-bond donors (Lipinski definition) is 0. The van der Waals surface area contributed by atoms with Gasteiger partial charge in [-0.05, 0) is 43.1 Å². The number of nitrogens with zero attached hydrogens (tertiary/aromatic N) is 4. The molecular weight excluding hydrogens is 388 g/mol. The summed E-state index contributed by atoms with van der Waals surface area (Å²) in [5.74, 6) is 1.62. The van der Waals surface area contributed by atoms with Crippen LogP contribution in [0.2, 0.25) is 0 Å². The average molecular weight is 417 g/mol. The molecule has 0 radical (unpaired) electrons. The molecule has 0 N–H and O–H groups in total. The molecule has 2 aromatic carbocycles. The standard InChI is InChI=1S/C25H28N4O2/c1-2-5-19(6-3-1)14-29-16-21(15-27-11-12-28-10-4-7-22(28)17-27)25(26-29)20-8-9-23-24(13-20)31-18-30-23/h1-3,5-6,8-9,13,16,22H,4,7,10-12,14-15,17-18H2/t22-/m1/s1. The van der Waals surface area contributed by atoms with Crippen LogP contribution in [0.5, 0.6) is 11.5 Å². The Hall–Kier alpha value is -2.83. The van der Waals surface area contributed by atoms with Crippen LogP contribution in [0.4, 0.5) is 0 Å². The Kier molecular flexibility index (Phi) is 4.89. The fraction of sp³-hybridized carbons (Fsp3) is 0.400. The van der Waals surface area contributed by atoms with Gasteiger partial charge in [-0.3, -0.25) is 14.5 Å². The molecule has 1 atom stereocenters. The van der Waals surface area contributed by atoms with Crippen molar-refractivity contribution >= 4 is 0 Å². The van der Waals surface area contributed by atoms with E-state index in [0.29, 0.717) is 6.79 Å². The summed E-state index contributed by atoms with van der Waals surface area (Å²) in [6, 6.07) is 17.4. The lowest BCUT2D eigenvalue weighted by molar-refractivity contribution is 0.0995. The van der Waals surface area contributed by atoms with Crippen molar-refractivity contribution in [3.05, 3.63) is 65.9 Å². The van der Waals surface area contributed by atoms with Gasteiger partial charge in [0.15, 0.2) is 11.5 Å². The molecule has 31 heavy (non-hydrogen) atoms. The minimum Gasteiger partial charge on any atom is -0.454 e. The summed E-state index contributed by atoms with van der Waals surface area (Å²) in [5.41, 5.74) is 4.67. The van der Waals surface area contributed by atoms with Gasteiger partial charge in [0.25, 0.3) is 0 Å². The van der Waals surface area contributed by atoms with E-state index in [2.05, 4.69) is 63.1 Å². The fourth-order valence-electron chi connectivity index (χ4n) is 5.16. The van der Waals surface area contributed by atoms with Crippen molar-refractivity contribution in [3.63, 3.8) is 0 Å². The van der Waals surface area contributed by atoms with Crippen molar-refractivity contribution in [2.75, 3.05) is 33.0 Å². The Morgan fingerprint density at radius 3 is 2.77 bits per heavy atom. The lowest BCUT2D eigenvalue weighted by Crippen LogP contribution is -2.49. The molecule has 2 fully saturated rings. The van der Waals surface area contributed by atoms with E-state index in [0.717, 1.165) is 55.0 Å². The van der Waals surface area contributed by atoms with Crippen LogP contribution in [0.1, 0.15) is 24.0 Å². The number of benzene rings is 2. The maximum atomic E-state index is 5.63. The van der Waals surface area contributed by atoms with Crippen LogP contribution in [0.3, 0.4) is 0 Å². The van der Waals surface area contributed by atoms with E-state index in [4.69, 9.17) is 14.6 Å². The zero-order chi connectivity index (χ0) is 20.6. The topological polar surface area (TPSA) is 42.8 Å². The van der Waals surface area contributed by atoms with E-state index in [1.807, 2.05) is 6.07 Å². The molecule has 160 valence electrons. The van der Waals surface area contributed by atoms with Gasteiger partial charge < -0.3 is 9.47 Å². The van der Waals surface area contributed by atoms with Crippen molar-refractivity contribution < 1.29 is 9.47 Å². The smallest absolute Gasteiger partial charge is 0.231 e. The molecule has 2 saturated heterocycles. The SMILES string of the molecule is c1ccc(Cn2cc(CN3CCN4CCC[C@@H]4C3)c(-c3ccc4c(c3)OCO4)n2)cc1. The summed E-state index contributed by atoms with van der Waals surface area (Å²) in [5, 5.41) is 5.02. The number of piperazine rings is 1. The Morgan fingerprint density at radius 1 is 0.935 bits per heavy atom. The minimum atomic E-state index is 0.291. The van der Waals surface area contributed by atoms with E-state index in [-0.39, 0.29) is 0 Å². The number of fused-ring (bicyclic) bond motifs is 2. The molecule has 6 heteroatoms. The van der Waals surface area contributed by atoms with Gasteiger partial charge in [-0.2, -0.15) is 5.10 Å². The first-order valence-electron chi connectivity index (χ1n) is 11.3. The lowest BCUT2D eigenvalue weighted by Gasteiger charge is -2.37. The van der Waals surface area contributed by atoms with E-state index < -0.39 is 0 Å². The van der Waals surface area contributed by atoms with Gasteiger partial charge in [0, 0.05) is 49.5 Å². The zero-order valence-electron chi connectivity index (χ0n) is 17.7. The second-order valence-corrected chi connectivity index (χ2v) is 8.82. The van der Waals surface area contributed by atoms with Crippen molar-refractivity contribution in [2.45, 2.75) is 32.0 Å². The molecule has 3 aliphatic heterocycles. The van der Waals surface area contributed by atoms with Crippen LogP contribution in [0.15, 0.2) is 54.7 Å². The van der Waals surface area contributed by atoms with Crippen molar-refractivity contribution in [3.8, 4) is 22.8 Å². The third-order valence-corrected chi connectivity index (χ3v) is 6.74. The highest BCUT2D eigenvalue weighted by Gasteiger charge is 2.31. The van der Waals surface area contributed by atoms with E-state index in [9.17, 15) is 0 Å². The number of aromatic nitrogens is 2. The quantitative estimate of drug-likeness (QED) is 0.636. The van der Waals surface area contributed by atoms with Gasteiger partial charge in [-0.25, -0.2) is 0 Å². The molecule has 1 aromatic heterocycles. The van der Waals surface area contributed by atoms with Crippen LogP contribution in [0, 0.1) is 0 Å². The second-order valence-electron chi connectivity index (χ2n) is 8.82. The fourth-order valence-corrected chi connectivity index (χ4v) is 5.16. The summed E-state index contributed by atoms with van der Waals surface area (Å²) in [6.07, 6.45) is 4.91. The highest BCUT2D eigenvalue weighted by atomic mass is 16.7. The first kappa shape index (κ1) is 18.9. The lowest BCUT2D eigenvalue weighted by atomic mass is 10.1. The Morgan fingerprint density at radius 2 is 1.84 bits per heavy atom. The molecule has 0 aliphatic carbocycles. The van der Waals surface area contributed by atoms with Crippen molar-refractivity contribution in [2.24, 2.45) is 0 Å². The third-order valence-electron chi connectivity index (χ3n) is 6.74. The highest BCUT2D eigenvalue weighted by molar-refractivity contribution is 5.67. The van der Waals surface area contributed by atoms with Crippen molar-refractivity contribution in [1.29, 1.82) is 0 Å². The summed E-state index contributed by atoms with van der Waals surface area (Å²) >= 11 is 0. The summed E-state index contributed by atoms with van der Waals surface area (Å²) < 4.78 is 13.2. The predicted molar refractivity (Wildman–Crippen MR) is 119 cm³/mol. The summed E-state index contributed by atoms with van der Waals surface area (Å²) in [6.45, 7) is 6.74. The molecule has 0 bridgehead atoms. The molecule has 3 aromatic rings. The van der Waals surface area contributed by atoms with Gasteiger partial charge in [-0.15, -0.1) is 0 Å². The normalized spacial score (nSPS) is 20.8. The molecule has 6 rings (SSSR count). The number of rotatable bonds is 5. The first-order valence-corrected chi connectivity index (χ1v) is 11.3. The molecule has 0 amide bonds. The van der Waals surface area contributed by atoms with Gasteiger partial charge in [0.05, 0.1) is 12.2 Å². The maximum Gasteiger partial charge on any atom is 0.231 e. The molecular formula is C25H28N4O2. The zero-order valence-corrected chi connectivity index (χ0v) is 17.7. The number of hydrogen-bond acceptors (Lipinski definition) is 5. The largest absolute Gasteiger partial charge is 0.454 e. The highest BCUT2D eigenvalue weighted by Crippen LogP contribution is 2.37. The molecule has 0 saturated carbocycles. The van der Waals surface area contributed by atoms with E-state index in [1.165, 1.54) is 37.1 Å². The molecule has 0 spiro atoms. The Labute approximate surface area is 183 Å². The number of ether oxygens (including phenoxy) is 2. The van der Waals surface area contributed by atoms with Crippen LogP contribution in [-0.4, -0.2) is 58.6 Å². The maximum absolute atomic E-state index is 5.63. The van der Waals surface area contributed by atoms with Crippen LogP contribution < -0.4 is 9.47 Å². The Balaban J connectivity index is 1.30. The van der Waals surface area contributed by atoms with Gasteiger partial charge >= 0.3 is 0 Å². The van der Waals surface area contributed by atoms with E-state index >= 15 is 0 Å². The third kappa shape index (κ3) is 3.82. The van der Waals surface area contributed by atoms with Gasteiger partial charge in [-0.1, -0.05) is 30.3 Å². The Bertz CT molecular complexity index is 1060. The van der Waals surface area contributed by atoms with Crippen LogP contribution >= 0.6 is 0 Å². The van der Waals surface area contributed by atoms with E-state index in [1.54, 1.807) is 0 Å². The van der Waals surface area contributed by atoms with Crippen LogP contribution in [-0.2, 0) is 13.1 Å². The van der Waals surface area contributed by atoms with Crippen LogP contribution in [0.25, 0.3) is 11.3 Å². The van der Waals surface area contributed by atoms with Gasteiger partial charge in [0.2, 0.25) is 6.79 Å². The molecule has 6 nitrogen and oxygen atoms in total. The second kappa shape index (κ2) is 8.02. The minimum absolute atomic E-state index is 0.291.